The first kappa shape index (κ1) is 13.5. The molecule has 1 fully saturated rings. The van der Waals surface area contributed by atoms with Gasteiger partial charge in [0.05, 0.1) is 12.7 Å². The van der Waals surface area contributed by atoms with E-state index in [0.717, 1.165) is 12.8 Å². The molecule has 1 aliphatic carbocycles. The first-order chi connectivity index (χ1) is 7.67. The molecule has 1 saturated carbocycles. The van der Waals surface area contributed by atoms with Gasteiger partial charge in [0.2, 0.25) is 5.91 Å². The van der Waals surface area contributed by atoms with Crippen molar-refractivity contribution >= 4 is 5.91 Å². The lowest BCUT2D eigenvalue weighted by atomic mass is 10.2. The molecule has 0 aromatic heterocycles. The van der Waals surface area contributed by atoms with E-state index in [9.17, 15) is 4.79 Å². The molecule has 0 spiro atoms. The third-order valence-electron chi connectivity index (χ3n) is 2.98. The van der Waals surface area contributed by atoms with Gasteiger partial charge in [-0.3, -0.25) is 4.79 Å². The SMILES string of the molecule is CCC(OC1CCCC1)C(=O)NC(C)CO. The highest BCUT2D eigenvalue weighted by Gasteiger charge is 2.24. The summed E-state index contributed by atoms with van der Waals surface area (Å²) in [6.45, 7) is 3.69. The molecule has 0 radical (unpaired) electrons. The maximum atomic E-state index is 11.8. The largest absolute Gasteiger partial charge is 0.394 e. The van der Waals surface area contributed by atoms with Crippen LogP contribution in [0.1, 0.15) is 46.0 Å². The monoisotopic (exact) mass is 229 g/mol. The van der Waals surface area contributed by atoms with Crippen molar-refractivity contribution in [1.29, 1.82) is 0 Å². The number of aliphatic hydroxyl groups is 1. The van der Waals surface area contributed by atoms with Gasteiger partial charge in [-0.2, -0.15) is 0 Å². The van der Waals surface area contributed by atoms with Gasteiger partial charge in [-0.25, -0.2) is 0 Å². The van der Waals surface area contributed by atoms with Gasteiger partial charge in [0.25, 0.3) is 0 Å². The molecule has 2 atom stereocenters. The van der Waals surface area contributed by atoms with Crippen LogP contribution in [0.3, 0.4) is 0 Å². The van der Waals surface area contributed by atoms with Crippen LogP contribution in [0.25, 0.3) is 0 Å². The van der Waals surface area contributed by atoms with Gasteiger partial charge < -0.3 is 15.2 Å². The van der Waals surface area contributed by atoms with Crippen LogP contribution in [0, 0.1) is 0 Å². The lowest BCUT2D eigenvalue weighted by Crippen LogP contribution is -2.43. The van der Waals surface area contributed by atoms with Gasteiger partial charge in [0.15, 0.2) is 0 Å². The Morgan fingerprint density at radius 3 is 2.62 bits per heavy atom. The van der Waals surface area contributed by atoms with Crippen LogP contribution in [-0.2, 0) is 9.53 Å². The Morgan fingerprint density at radius 1 is 1.50 bits per heavy atom. The first-order valence-electron chi connectivity index (χ1n) is 6.24. The quantitative estimate of drug-likeness (QED) is 0.720. The summed E-state index contributed by atoms with van der Waals surface area (Å²) in [5.74, 6) is -0.101. The standard InChI is InChI=1S/C12H23NO3/c1-3-11(12(15)13-9(2)8-14)16-10-6-4-5-7-10/h9-11,14H,3-8H2,1-2H3,(H,13,15). The predicted octanol–water partition coefficient (Wildman–Crippen LogP) is 1.22. The number of hydrogen-bond donors (Lipinski definition) is 2. The number of amides is 1. The zero-order valence-electron chi connectivity index (χ0n) is 10.2. The maximum Gasteiger partial charge on any atom is 0.249 e. The van der Waals surface area contributed by atoms with Gasteiger partial charge in [-0.05, 0) is 26.2 Å². The number of rotatable bonds is 6. The zero-order chi connectivity index (χ0) is 12.0. The zero-order valence-corrected chi connectivity index (χ0v) is 10.2. The van der Waals surface area contributed by atoms with Crippen LogP contribution in [0.5, 0.6) is 0 Å². The van der Waals surface area contributed by atoms with E-state index in [0.29, 0.717) is 6.42 Å². The van der Waals surface area contributed by atoms with E-state index in [-0.39, 0.29) is 30.8 Å². The van der Waals surface area contributed by atoms with Gasteiger partial charge in [-0.15, -0.1) is 0 Å². The van der Waals surface area contributed by atoms with E-state index in [4.69, 9.17) is 9.84 Å². The molecule has 0 aliphatic heterocycles. The van der Waals surface area contributed by atoms with Crippen molar-refractivity contribution in [3.05, 3.63) is 0 Å². The third-order valence-corrected chi connectivity index (χ3v) is 2.98. The second kappa shape index (κ2) is 6.86. The van der Waals surface area contributed by atoms with Crippen molar-refractivity contribution in [1.82, 2.24) is 5.32 Å². The topological polar surface area (TPSA) is 58.6 Å². The Hall–Kier alpha value is -0.610. The Kier molecular flexibility index (Phi) is 5.77. The summed E-state index contributed by atoms with van der Waals surface area (Å²) in [6, 6.07) is -0.200. The smallest absolute Gasteiger partial charge is 0.249 e. The summed E-state index contributed by atoms with van der Waals surface area (Å²) in [5.41, 5.74) is 0. The van der Waals surface area contributed by atoms with Crippen molar-refractivity contribution in [2.24, 2.45) is 0 Å². The number of carbonyl (C=O) groups is 1. The molecule has 94 valence electrons. The minimum atomic E-state index is -0.364. The van der Waals surface area contributed by atoms with E-state index in [1.807, 2.05) is 6.92 Å². The van der Waals surface area contributed by atoms with Gasteiger partial charge in [-0.1, -0.05) is 19.8 Å². The molecular weight excluding hydrogens is 206 g/mol. The average molecular weight is 229 g/mol. The molecule has 0 heterocycles. The fraction of sp³-hybridized carbons (Fsp3) is 0.917. The molecule has 0 bridgehead atoms. The van der Waals surface area contributed by atoms with E-state index in [2.05, 4.69) is 5.32 Å². The minimum absolute atomic E-state index is 0.0361. The van der Waals surface area contributed by atoms with Gasteiger partial charge in [0, 0.05) is 6.04 Å². The van der Waals surface area contributed by atoms with Crippen LogP contribution in [0.2, 0.25) is 0 Å². The number of carbonyl (C=O) groups excluding carboxylic acids is 1. The highest BCUT2D eigenvalue weighted by molar-refractivity contribution is 5.81. The minimum Gasteiger partial charge on any atom is -0.394 e. The lowest BCUT2D eigenvalue weighted by Gasteiger charge is -2.21. The maximum absolute atomic E-state index is 11.8. The van der Waals surface area contributed by atoms with Gasteiger partial charge in [0.1, 0.15) is 6.10 Å². The van der Waals surface area contributed by atoms with Crippen LogP contribution in [-0.4, -0.2) is 35.9 Å². The highest BCUT2D eigenvalue weighted by Crippen LogP contribution is 2.22. The summed E-state index contributed by atoms with van der Waals surface area (Å²) < 4.78 is 5.77. The second-order valence-corrected chi connectivity index (χ2v) is 4.53. The summed E-state index contributed by atoms with van der Waals surface area (Å²) in [7, 11) is 0. The summed E-state index contributed by atoms with van der Waals surface area (Å²) in [6.07, 6.45) is 5.11. The first-order valence-corrected chi connectivity index (χ1v) is 6.24. The molecule has 1 aliphatic rings. The Labute approximate surface area is 97.4 Å². The molecule has 4 heteroatoms. The molecule has 1 rings (SSSR count). The van der Waals surface area contributed by atoms with E-state index < -0.39 is 0 Å². The Morgan fingerprint density at radius 2 is 2.12 bits per heavy atom. The Bertz CT molecular complexity index is 214. The fourth-order valence-electron chi connectivity index (χ4n) is 1.98. The molecule has 0 aromatic carbocycles. The summed E-state index contributed by atoms with van der Waals surface area (Å²) >= 11 is 0. The van der Waals surface area contributed by atoms with Gasteiger partial charge >= 0.3 is 0 Å². The number of hydrogen-bond acceptors (Lipinski definition) is 3. The normalized spacial score (nSPS) is 20.7. The number of aliphatic hydroxyl groups excluding tert-OH is 1. The van der Waals surface area contributed by atoms with Crippen LogP contribution in [0.15, 0.2) is 0 Å². The third kappa shape index (κ3) is 4.10. The van der Waals surface area contributed by atoms with E-state index in [1.54, 1.807) is 6.92 Å². The lowest BCUT2D eigenvalue weighted by molar-refractivity contribution is -0.137. The van der Waals surface area contributed by atoms with Crippen molar-refractivity contribution in [3.63, 3.8) is 0 Å². The molecular formula is C12H23NO3. The van der Waals surface area contributed by atoms with Crippen LogP contribution in [0.4, 0.5) is 0 Å². The second-order valence-electron chi connectivity index (χ2n) is 4.53. The van der Waals surface area contributed by atoms with Crippen molar-refractivity contribution in [2.75, 3.05) is 6.61 Å². The molecule has 2 unspecified atom stereocenters. The van der Waals surface area contributed by atoms with Crippen LogP contribution >= 0.6 is 0 Å². The van der Waals surface area contributed by atoms with Crippen molar-refractivity contribution < 1.29 is 14.6 Å². The fourth-order valence-corrected chi connectivity index (χ4v) is 1.98. The Balaban J connectivity index is 2.36. The molecule has 16 heavy (non-hydrogen) atoms. The number of nitrogens with one attached hydrogen (secondary N) is 1. The van der Waals surface area contributed by atoms with E-state index >= 15 is 0 Å². The predicted molar refractivity (Wildman–Crippen MR) is 62.1 cm³/mol. The molecule has 2 N–H and O–H groups in total. The molecule has 4 nitrogen and oxygen atoms in total. The molecule has 0 aromatic rings. The van der Waals surface area contributed by atoms with E-state index in [1.165, 1.54) is 12.8 Å². The van der Waals surface area contributed by atoms with Crippen molar-refractivity contribution in [2.45, 2.75) is 64.2 Å². The van der Waals surface area contributed by atoms with Crippen LogP contribution < -0.4 is 5.32 Å². The highest BCUT2D eigenvalue weighted by atomic mass is 16.5. The summed E-state index contributed by atoms with van der Waals surface area (Å²) in [5, 5.41) is 11.6. The molecule has 0 saturated heterocycles. The average Bonchev–Trinajstić information content (AvgIpc) is 2.78. The summed E-state index contributed by atoms with van der Waals surface area (Å²) in [4.78, 5) is 11.8. The van der Waals surface area contributed by atoms with Crippen molar-refractivity contribution in [3.8, 4) is 0 Å². The number of ether oxygens (including phenoxy) is 1. The molecule has 1 amide bonds.